The van der Waals surface area contributed by atoms with Crippen LogP contribution in [0.3, 0.4) is 0 Å². The highest BCUT2D eigenvalue weighted by Gasteiger charge is 2.17. The highest BCUT2D eigenvalue weighted by Crippen LogP contribution is 2.29. The number of rotatable bonds is 3. The molecule has 96 valence electrons. The fraction of sp³-hybridized carbons (Fsp3) is 0.357. The van der Waals surface area contributed by atoms with Crippen molar-refractivity contribution in [3.8, 4) is 5.75 Å². The lowest BCUT2D eigenvalue weighted by atomic mass is 10.0. The van der Waals surface area contributed by atoms with E-state index in [1.165, 1.54) is 5.56 Å². The van der Waals surface area contributed by atoms with Gasteiger partial charge in [-0.25, -0.2) is 0 Å². The molecule has 0 aliphatic heterocycles. The molecular weight excluding hydrogens is 226 g/mol. The topological polar surface area (TPSA) is 53.1 Å². The molecule has 0 saturated heterocycles. The van der Waals surface area contributed by atoms with E-state index in [9.17, 15) is 0 Å². The minimum absolute atomic E-state index is 0.231. The summed E-state index contributed by atoms with van der Waals surface area (Å²) in [6.45, 7) is 4.01. The summed E-state index contributed by atoms with van der Waals surface area (Å²) in [6, 6.07) is 7.81. The van der Waals surface area contributed by atoms with Crippen LogP contribution in [-0.4, -0.2) is 16.9 Å². The Morgan fingerprint density at radius 1 is 1.28 bits per heavy atom. The van der Waals surface area contributed by atoms with Gasteiger partial charge in [0.15, 0.2) is 0 Å². The Labute approximate surface area is 107 Å². The zero-order valence-corrected chi connectivity index (χ0v) is 11.3. The first-order valence-electron chi connectivity index (χ1n) is 5.93. The lowest BCUT2D eigenvalue weighted by molar-refractivity contribution is 0.407. The first-order chi connectivity index (χ1) is 8.52. The molecule has 1 aromatic carbocycles. The molecule has 1 atom stereocenters. The first kappa shape index (κ1) is 12.6. The number of methoxy groups -OCH3 is 1. The van der Waals surface area contributed by atoms with Crippen LogP contribution in [0.2, 0.25) is 0 Å². The molecule has 4 heteroatoms. The monoisotopic (exact) mass is 245 g/mol. The summed E-state index contributed by atoms with van der Waals surface area (Å²) in [5.41, 5.74) is 10.4. The van der Waals surface area contributed by atoms with E-state index in [1.807, 2.05) is 43.8 Å². The third-order valence-corrected chi connectivity index (χ3v) is 3.08. The quantitative estimate of drug-likeness (QED) is 0.901. The summed E-state index contributed by atoms with van der Waals surface area (Å²) < 4.78 is 7.20. The van der Waals surface area contributed by atoms with Crippen LogP contribution in [0.5, 0.6) is 5.75 Å². The van der Waals surface area contributed by atoms with Crippen LogP contribution in [0.25, 0.3) is 0 Å². The van der Waals surface area contributed by atoms with Crippen molar-refractivity contribution in [2.75, 3.05) is 7.11 Å². The molecule has 1 heterocycles. The fourth-order valence-corrected chi connectivity index (χ4v) is 2.18. The van der Waals surface area contributed by atoms with Crippen molar-refractivity contribution >= 4 is 0 Å². The van der Waals surface area contributed by atoms with Gasteiger partial charge in [0.05, 0.1) is 24.5 Å². The van der Waals surface area contributed by atoms with Crippen molar-refractivity contribution in [3.05, 3.63) is 46.8 Å². The van der Waals surface area contributed by atoms with Crippen LogP contribution >= 0.6 is 0 Å². The Hall–Kier alpha value is -1.81. The molecule has 0 spiro atoms. The average molecular weight is 245 g/mol. The van der Waals surface area contributed by atoms with Crippen molar-refractivity contribution in [2.45, 2.75) is 19.9 Å². The number of ether oxygens (including phenoxy) is 1. The van der Waals surface area contributed by atoms with Gasteiger partial charge in [-0.3, -0.25) is 4.68 Å². The van der Waals surface area contributed by atoms with Crippen molar-refractivity contribution in [1.29, 1.82) is 0 Å². The molecule has 0 radical (unpaired) electrons. The third kappa shape index (κ3) is 2.24. The van der Waals surface area contributed by atoms with Crippen molar-refractivity contribution in [1.82, 2.24) is 9.78 Å². The second-order valence-corrected chi connectivity index (χ2v) is 4.56. The third-order valence-electron chi connectivity index (χ3n) is 3.08. The molecule has 0 saturated carbocycles. The van der Waals surface area contributed by atoms with E-state index in [-0.39, 0.29) is 6.04 Å². The Bertz CT molecular complexity index is 560. The molecule has 2 aromatic rings. The predicted octanol–water partition coefficient (Wildman–Crippen LogP) is 2.09. The highest BCUT2D eigenvalue weighted by atomic mass is 16.5. The van der Waals surface area contributed by atoms with E-state index in [2.05, 4.69) is 11.2 Å². The minimum atomic E-state index is -0.231. The maximum absolute atomic E-state index is 6.33. The Kier molecular flexibility index (Phi) is 3.39. The molecule has 0 bridgehead atoms. The highest BCUT2D eigenvalue weighted by molar-refractivity contribution is 5.42. The fourth-order valence-electron chi connectivity index (χ4n) is 2.18. The number of hydrogen-bond donors (Lipinski definition) is 1. The second-order valence-electron chi connectivity index (χ2n) is 4.56. The summed E-state index contributed by atoms with van der Waals surface area (Å²) in [5.74, 6) is 0.812. The number of nitrogens with two attached hydrogens (primary N) is 1. The summed E-state index contributed by atoms with van der Waals surface area (Å²) in [6.07, 6.45) is 0. The summed E-state index contributed by atoms with van der Waals surface area (Å²) in [5, 5.41) is 4.33. The number of hydrogen-bond acceptors (Lipinski definition) is 3. The van der Waals surface area contributed by atoms with Gasteiger partial charge in [-0.05, 0) is 26.0 Å². The first-order valence-corrected chi connectivity index (χ1v) is 5.93. The molecule has 4 nitrogen and oxygen atoms in total. The molecule has 0 amide bonds. The van der Waals surface area contributed by atoms with E-state index in [0.29, 0.717) is 0 Å². The average Bonchev–Trinajstić information content (AvgIpc) is 2.67. The molecule has 0 aliphatic carbocycles. The predicted molar refractivity (Wildman–Crippen MR) is 71.7 cm³/mol. The van der Waals surface area contributed by atoms with Crippen molar-refractivity contribution in [3.63, 3.8) is 0 Å². The van der Waals surface area contributed by atoms with Gasteiger partial charge in [0, 0.05) is 12.6 Å². The van der Waals surface area contributed by atoms with Crippen LogP contribution in [0, 0.1) is 13.8 Å². The van der Waals surface area contributed by atoms with Crippen LogP contribution in [0.15, 0.2) is 24.3 Å². The van der Waals surface area contributed by atoms with E-state index in [4.69, 9.17) is 10.5 Å². The van der Waals surface area contributed by atoms with Crippen LogP contribution in [-0.2, 0) is 7.05 Å². The van der Waals surface area contributed by atoms with Crippen LogP contribution in [0.1, 0.15) is 28.6 Å². The van der Waals surface area contributed by atoms with E-state index >= 15 is 0 Å². The van der Waals surface area contributed by atoms with Crippen LogP contribution < -0.4 is 10.5 Å². The van der Waals surface area contributed by atoms with Gasteiger partial charge < -0.3 is 10.5 Å². The second kappa shape index (κ2) is 4.82. The molecule has 1 aromatic heterocycles. The summed E-state index contributed by atoms with van der Waals surface area (Å²) in [4.78, 5) is 0. The van der Waals surface area contributed by atoms with Gasteiger partial charge in [-0.2, -0.15) is 5.10 Å². The van der Waals surface area contributed by atoms with E-state index < -0.39 is 0 Å². The molecule has 0 aliphatic rings. The zero-order valence-electron chi connectivity index (χ0n) is 11.3. The summed E-state index contributed by atoms with van der Waals surface area (Å²) in [7, 11) is 3.57. The van der Waals surface area contributed by atoms with Crippen molar-refractivity contribution in [2.24, 2.45) is 12.8 Å². The number of aromatic nitrogens is 2. The Morgan fingerprint density at radius 3 is 2.56 bits per heavy atom. The number of aryl methyl sites for hydroxylation is 3. The number of nitrogens with zero attached hydrogens (tertiary/aromatic N) is 2. The van der Waals surface area contributed by atoms with E-state index in [1.54, 1.807) is 7.11 Å². The molecule has 2 rings (SSSR count). The van der Waals surface area contributed by atoms with Gasteiger partial charge >= 0.3 is 0 Å². The molecule has 0 fully saturated rings. The van der Waals surface area contributed by atoms with Crippen molar-refractivity contribution < 1.29 is 4.74 Å². The standard InChI is InChI=1S/C14H19N3O/c1-9-5-6-13(18-4)11(7-9)14(15)12-8-10(2)16-17(12)3/h5-8,14H,15H2,1-4H3. The number of benzene rings is 1. The normalized spacial score (nSPS) is 12.5. The molecular formula is C14H19N3O. The maximum Gasteiger partial charge on any atom is 0.124 e. The molecule has 2 N–H and O–H groups in total. The zero-order chi connectivity index (χ0) is 13.3. The molecule has 18 heavy (non-hydrogen) atoms. The van der Waals surface area contributed by atoms with Gasteiger partial charge in [0.25, 0.3) is 0 Å². The maximum atomic E-state index is 6.33. The smallest absolute Gasteiger partial charge is 0.124 e. The lowest BCUT2D eigenvalue weighted by Gasteiger charge is -2.16. The summed E-state index contributed by atoms with van der Waals surface area (Å²) >= 11 is 0. The van der Waals surface area contributed by atoms with Gasteiger partial charge in [-0.1, -0.05) is 17.7 Å². The SMILES string of the molecule is COc1ccc(C)cc1C(N)c1cc(C)nn1C. The Balaban J connectivity index is 2.48. The lowest BCUT2D eigenvalue weighted by Crippen LogP contribution is -2.17. The largest absolute Gasteiger partial charge is 0.496 e. The van der Waals surface area contributed by atoms with Gasteiger partial charge in [-0.15, -0.1) is 0 Å². The van der Waals surface area contributed by atoms with E-state index in [0.717, 1.165) is 22.7 Å². The van der Waals surface area contributed by atoms with Crippen LogP contribution in [0.4, 0.5) is 0 Å². The Morgan fingerprint density at radius 2 is 2.00 bits per heavy atom. The van der Waals surface area contributed by atoms with Gasteiger partial charge in [0.2, 0.25) is 0 Å². The van der Waals surface area contributed by atoms with Gasteiger partial charge in [0.1, 0.15) is 5.75 Å². The molecule has 1 unspecified atom stereocenters. The minimum Gasteiger partial charge on any atom is -0.496 e.